The van der Waals surface area contributed by atoms with Crippen LogP contribution in [0.4, 0.5) is 0 Å². The molecule has 0 aliphatic heterocycles. The molecule has 1 heterocycles. The molecular weight excluding hydrogens is 360 g/mol. The molecule has 1 aromatic heterocycles. The van der Waals surface area contributed by atoms with Crippen molar-refractivity contribution in [3.63, 3.8) is 0 Å². The maximum absolute atomic E-state index is 10.7. The zero-order valence-electron chi connectivity index (χ0n) is 18.4. The van der Waals surface area contributed by atoms with Crippen molar-refractivity contribution < 1.29 is 9.21 Å². The molecule has 4 heteroatoms. The summed E-state index contributed by atoms with van der Waals surface area (Å²) in [5, 5.41) is 7.77. The Morgan fingerprint density at radius 2 is 1.83 bits per heavy atom. The molecular formula is C25H38N2O2. The highest BCUT2D eigenvalue weighted by Gasteiger charge is 2.59. The number of hydrogen-bond donors (Lipinski definition) is 0. The summed E-state index contributed by atoms with van der Waals surface area (Å²) in [7, 11) is 0. The van der Waals surface area contributed by atoms with Crippen molar-refractivity contribution in [2.75, 3.05) is 0 Å². The van der Waals surface area contributed by atoms with Gasteiger partial charge in [0.15, 0.2) is 0 Å². The van der Waals surface area contributed by atoms with Gasteiger partial charge in [0.2, 0.25) is 12.2 Å². The molecule has 5 rings (SSSR count). The molecule has 1 aromatic rings. The summed E-state index contributed by atoms with van der Waals surface area (Å²) < 4.78 is 5.37. The van der Waals surface area contributed by atoms with Crippen molar-refractivity contribution in [1.82, 2.24) is 10.2 Å². The number of hydrogen-bond acceptors (Lipinski definition) is 4. The molecule has 4 aliphatic rings. The first-order chi connectivity index (χ1) is 14.0. The van der Waals surface area contributed by atoms with Crippen LogP contribution < -0.4 is 0 Å². The lowest BCUT2D eigenvalue weighted by Crippen LogP contribution is -2.52. The first kappa shape index (κ1) is 19.8. The van der Waals surface area contributed by atoms with E-state index in [9.17, 15) is 4.79 Å². The number of carbonyl (C=O) groups is 1. The van der Waals surface area contributed by atoms with Crippen LogP contribution in [0.3, 0.4) is 0 Å². The maximum Gasteiger partial charge on any atom is 0.280 e. The van der Waals surface area contributed by atoms with Crippen LogP contribution in [0.1, 0.15) is 107 Å². The fourth-order valence-corrected chi connectivity index (χ4v) is 8.79. The van der Waals surface area contributed by atoms with Gasteiger partial charge in [-0.3, -0.25) is 4.79 Å². The van der Waals surface area contributed by atoms with Crippen molar-refractivity contribution in [3.8, 4) is 0 Å². The van der Waals surface area contributed by atoms with Crippen LogP contribution in [0.2, 0.25) is 0 Å². The van der Waals surface area contributed by atoms with Gasteiger partial charge in [-0.2, -0.15) is 0 Å². The molecule has 7 atom stereocenters. The van der Waals surface area contributed by atoms with E-state index < -0.39 is 0 Å². The van der Waals surface area contributed by atoms with Crippen LogP contribution in [0.25, 0.3) is 0 Å². The standard InChI is InChI=1S/C25H38N2O2/c1-24-14-4-3-6-17(24)9-11-19-20-12-10-18(25(20,2)15-13-21(19)24)7-5-8-22-26-27-23(16-28)29-22/h16-21H,3-15H2,1-2H3. The molecule has 4 fully saturated rings. The van der Waals surface area contributed by atoms with Crippen LogP contribution in [-0.4, -0.2) is 16.5 Å². The summed E-state index contributed by atoms with van der Waals surface area (Å²) in [6.45, 7) is 5.32. The molecule has 0 bridgehead atoms. The van der Waals surface area contributed by atoms with Gasteiger partial charge in [-0.15, -0.1) is 10.2 Å². The Morgan fingerprint density at radius 3 is 2.66 bits per heavy atom. The topological polar surface area (TPSA) is 56.0 Å². The third kappa shape index (κ3) is 3.20. The predicted molar refractivity (Wildman–Crippen MR) is 112 cm³/mol. The number of aryl methyl sites for hydroxylation is 1. The van der Waals surface area contributed by atoms with Gasteiger partial charge in [-0.05, 0) is 105 Å². The second-order valence-electron chi connectivity index (χ2n) is 11.3. The van der Waals surface area contributed by atoms with Crippen molar-refractivity contribution in [1.29, 1.82) is 0 Å². The molecule has 0 aromatic carbocycles. The van der Waals surface area contributed by atoms with E-state index >= 15 is 0 Å². The number of fused-ring (bicyclic) bond motifs is 5. The molecule has 0 saturated heterocycles. The van der Waals surface area contributed by atoms with Gasteiger partial charge in [0.05, 0.1) is 0 Å². The van der Waals surface area contributed by atoms with Crippen molar-refractivity contribution in [3.05, 3.63) is 11.8 Å². The van der Waals surface area contributed by atoms with Crippen molar-refractivity contribution in [2.24, 2.45) is 40.4 Å². The molecule has 7 unspecified atom stereocenters. The van der Waals surface area contributed by atoms with Gasteiger partial charge >= 0.3 is 0 Å². The first-order valence-corrected chi connectivity index (χ1v) is 12.3. The minimum atomic E-state index is 0.109. The van der Waals surface area contributed by atoms with Crippen LogP contribution in [0.5, 0.6) is 0 Å². The van der Waals surface area contributed by atoms with Crippen molar-refractivity contribution in [2.45, 2.75) is 97.3 Å². The molecule has 0 amide bonds. The van der Waals surface area contributed by atoms with Gasteiger partial charge in [0.25, 0.3) is 5.89 Å². The number of carbonyl (C=O) groups excluding carboxylic acids is 1. The summed E-state index contributed by atoms with van der Waals surface area (Å²) >= 11 is 0. The smallest absolute Gasteiger partial charge is 0.280 e. The Kier molecular flexibility index (Phi) is 5.11. The third-order valence-electron chi connectivity index (χ3n) is 10.3. The SMILES string of the molecule is CC12CCCCC1CCC1C2CCC2(C)C(CCCc3nnc(C=O)o3)CCC12. The highest BCUT2D eigenvalue weighted by molar-refractivity contribution is 5.66. The summed E-state index contributed by atoms with van der Waals surface area (Å²) in [6, 6.07) is 0. The van der Waals surface area contributed by atoms with E-state index in [-0.39, 0.29) is 5.89 Å². The average molecular weight is 399 g/mol. The van der Waals surface area contributed by atoms with Gasteiger partial charge in [0.1, 0.15) is 0 Å². The van der Waals surface area contributed by atoms with Crippen LogP contribution in [-0.2, 0) is 6.42 Å². The Hall–Kier alpha value is -1.19. The van der Waals surface area contributed by atoms with Crippen LogP contribution in [0, 0.1) is 40.4 Å². The lowest BCUT2D eigenvalue weighted by atomic mass is 9.45. The normalized spacial score (nSPS) is 44.0. The Balaban J connectivity index is 1.24. The molecule has 0 N–H and O–H groups in total. The summed E-state index contributed by atoms with van der Waals surface area (Å²) in [5.41, 5.74) is 1.19. The van der Waals surface area contributed by atoms with E-state index in [0.29, 0.717) is 23.0 Å². The van der Waals surface area contributed by atoms with E-state index in [1.807, 2.05) is 0 Å². The van der Waals surface area contributed by atoms with Gasteiger partial charge in [0, 0.05) is 6.42 Å². The Bertz CT molecular complexity index is 745. The minimum absolute atomic E-state index is 0.109. The van der Waals surface area contributed by atoms with E-state index in [0.717, 1.165) is 42.4 Å². The number of nitrogens with zero attached hydrogens (tertiary/aromatic N) is 2. The summed E-state index contributed by atoms with van der Waals surface area (Å²) in [6.07, 6.45) is 18.6. The van der Waals surface area contributed by atoms with Crippen LogP contribution >= 0.6 is 0 Å². The van der Waals surface area contributed by atoms with E-state index in [4.69, 9.17) is 4.42 Å². The average Bonchev–Trinajstić information content (AvgIpc) is 3.32. The second-order valence-corrected chi connectivity index (χ2v) is 11.3. The molecule has 4 nitrogen and oxygen atoms in total. The zero-order chi connectivity index (χ0) is 20.1. The fraction of sp³-hybridized carbons (Fsp3) is 0.880. The summed E-state index contributed by atoms with van der Waals surface area (Å²) in [4.78, 5) is 10.7. The maximum atomic E-state index is 10.7. The number of aromatic nitrogens is 2. The zero-order valence-corrected chi connectivity index (χ0v) is 18.4. The Morgan fingerprint density at radius 1 is 0.966 bits per heavy atom. The lowest BCUT2D eigenvalue weighted by Gasteiger charge is -2.60. The largest absolute Gasteiger partial charge is 0.419 e. The molecule has 0 spiro atoms. The number of aldehydes is 1. The second kappa shape index (κ2) is 7.50. The highest BCUT2D eigenvalue weighted by atomic mass is 16.4. The van der Waals surface area contributed by atoms with Gasteiger partial charge in [-0.25, -0.2) is 0 Å². The Labute approximate surface area is 175 Å². The molecule has 0 radical (unpaired) electrons. The van der Waals surface area contributed by atoms with E-state index in [1.165, 1.54) is 70.6 Å². The molecule has 4 saturated carbocycles. The lowest BCUT2D eigenvalue weighted by molar-refractivity contribution is -0.111. The summed E-state index contributed by atoms with van der Waals surface area (Å²) in [5.74, 6) is 5.54. The van der Waals surface area contributed by atoms with E-state index in [2.05, 4.69) is 24.0 Å². The quantitative estimate of drug-likeness (QED) is 0.550. The number of rotatable bonds is 5. The predicted octanol–water partition coefficient (Wildman–Crippen LogP) is 6.25. The first-order valence-electron chi connectivity index (χ1n) is 12.3. The minimum Gasteiger partial charge on any atom is -0.419 e. The monoisotopic (exact) mass is 398 g/mol. The molecule has 160 valence electrons. The van der Waals surface area contributed by atoms with E-state index in [1.54, 1.807) is 0 Å². The fourth-order valence-electron chi connectivity index (χ4n) is 8.79. The molecule has 29 heavy (non-hydrogen) atoms. The van der Waals surface area contributed by atoms with Crippen LogP contribution in [0.15, 0.2) is 4.42 Å². The molecule has 4 aliphatic carbocycles. The van der Waals surface area contributed by atoms with Gasteiger partial charge < -0.3 is 4.42 Å². The van der Waals surface area contributed by atoms with Gasteiger partial charge in [-0.1, -0.05) is 26.7 Å². The highest BCUT2D eigenvalue weighted by Crippen LogP contribution is 2.67. The third-order valence-corrected chi connectivity index (χ3v) is 10.3. The van der Waals surface area contributed by atoms with Crippen molar-refractivity contribution >= 4 is 6.29 Å².